The third-order valence-electron chi connectivity index (χ3n) is 0. The van der Waals surface area contributed by atoms with Crippen LogP contribution in [0.1, 0.15) is 0 Å². The third-order valence-corrected chi connectivity index (χ3v) is 0. The highest BCUT2D eigenvalue weighted by atomic mass is 12.0. The molecule has 0 unspecified atom stereocenters. The van der Waals surface area contributed by atoms with E-state index in [0.717, 1.165) is 0 Å². The quantitative estimate of drug-likeness (QED) is 0.444. The molecule has 0 bridgehead atoms. The minimum atomic E-state index is 0. The summed E-state index contributed by atoms with van der Waals surface area (Å²) in [7, 11) is 0. The van der Waals surface area contributed by atoms with Gasteiger partial charge in [0.2, 0.25) is 0 Å². The van der Waals surface area contributed by atoms with Gasteiger partial charge in [-0.2, -0.15) is 0 Å². The molecule has 0 aromatic rings. The van der Waals surface area contributed by atoms with E-state index in [1.54, 1.807) is 0 Å². The molecule has 0 atom stereocenters. The van der Waals surface area contributed by atoms with E-state index in [9.17, 15) is 0 Å². The second-order valence-electron chi connectivity index (χ2n) is 0. The first kappa shape index (κ1) is 0. The van der Waals surface area contributed by atoms with Crippen LogP contribution in [0.25, 0.3) is 0 Å². The van der Waals surface area contributed by atoms with Gasteiger partial charge in [0, 0.05) is 74.3 Å². The van der Waals surface area contributed by atoms with E-state index in [4.69, 9.17) is 0 Å². The second kappa shape index (κ2) is 0. The summed E-state index contributed by atoms with van der Waals surface area (Å²) in [6.07, 6.45) is 0. The highest BCUT2D eigenvalue weighted by Crippen LogP contribution is 0.0903. The lowest BCUT2D eigenvalue weighted by Crippen LogP contribution is 0.0803. The highest BCUT2D eigenvalue weighted by molar-refractivity contribution is 3.25. The summed E-state index contributed by atoms with van der Waals surface area (Å²) >= 11 is 0. The molecule has 0 heteroatoms. The van der Waals surface area contributed by atoms with Crippen LogP contribution in [0.4, 0.5) is 0 Å². The van der Waals surface area contributed by atoms with Crippen molar-refractivity contribution in [3.05, 3.63) is 74.3 Å². The normalized spacial score (nSPS) is 0. The Morgan fingerprint density at radius 3 is 0.100 bits per heavy atom. The summed E-state index contributed by atoms with van der Waals surface area (Å²) in [6.45, 7) is 0. The number of rotatable bonds is 0. The average molecular weight is 120 g/mol. The summed E-state index contributed by atoms with van der Waals surface area (Å²) in [6, 6.07) is 0. The molecule has 0 aromatic carbocycles. The minimum absolute atomic E-state index is 0. The molecule has 0 aliphatic heterocycles. The lowest BCUT2D eigenvalue weighted by atomic mass is 12.0. The van der Waals surface area contributed by atoms with Gasteiger partial charge in [-0.05, 0) is 0 Å². The molecular formula is C10. The molecule has 0 rings (SSSR count). The largest absolute Gasteiger partial charge is 0 e. The monoisotopic (exact) mass is 120 g/mol. The fourth-order valence-corrected chi connectivity index (χ4v) is 0. The summed E-state index contributed by atoms with van der Waals surface area (Å²) in [5.74, 6) is 0. The predicted molar refractivity (Wildman–Crippen MR) is 32.4 cm³/mol. The number of hydrogen-bond donors (Lipinski definition) is 0. The standard InChI is InChI=1S/10C. The van der Waals surface area contributed by atoms with Gasteiger partial charge >= 0.3 is 0 Å². The molecule has 40 valence electrons. The summed E-state index contributed by atoms with van der Waals surface area (Å²) in [5.41, 5.74) is 0. The zero-order chi connectivity index (χ0) is 0. The number of hydrogen-bond acceptors (Lipinski definition) is 0. The fourth-order valence-electron chi connectivity index (χ4n) is 0. The van der Waals surface area contributed by atoms with Gasteiger partial charge in [0.15, 0.2) is 0 Å². The van der Waals surface area contributed by atoms with Gasteiger partial charge in [-0.25, -0.2) is 0 Å². The summed E-state index contributed by atoms with van der Waals surface area (Å²) in [5, 5.41) is 0. The Morgan fingerprint density at radius 1 is 0.100 bits per heavy atom. The molecule has 0 amide bonds. The SMILES string of the molecule is [C].[C].[C].[C].[C].[C].[C].[C].[C].[C]. The van der Waals surface area contributed by atoms with Gasteiger partial charge in [0.05, 0.1) is 0 Å². The lowest BCUT2D eigenvalue weighted by Gasteiger charge is -0.00100. The van der Waals surface area contributed by atoms with Crippen molar-refractivity contribution in [1.82, 2.24) is 0 Å². The molecule has 0 nitrogen and oxygen atoms in total. The van der Waals surface area contributed by atoms with Gasteiger partial charge in [-0.1, -0.05) is 0 Å². The molecule has 40 radical (unpaired) electrons. The van der Waals surface area contributed by atoms with Crippen LogP contribution in [0.15, 0.2) is 0 Å². The summed E-state index contributed by atoms with van der Waals surface area (Å²) in [4.78, 5) is 0. The highest BCUT2D eigenvalue weighted by Gasteiger charge is 0.00900. The van der Waals surface area contributed by atoms with E-state index in [-0.39, 0.29) is 74.3 Å². The van der Waals surface area contributed by atoms with Crippen LogP contribution < -0.4 is 0 Å². The Morgan fingerprint density at radius 2 is 0.100 bits per heavy atom. The van der Waals surface area contributed by atoms with Crippen LogP contribution in [0.3, 0.4) is 0 Å². The van der Waals surface area contributed by atoms with Crippen molar-refractivity contribution in [1.29, 1.82) is 0 Å². The molecule has 0 heterocycles. The molecule has 0 saturated carbocycles. The Bertz CT molecular complexity index is 0. The van der Waals surface area contributed by atoms with E-state index in [0.29, 0.717) is 0 Å². The molecule has 0 fully saturated rings. The Kier molecular flexibility index (Phi) is 0. The lowest BCUT2D eigenvalue weighted by molar-refractivity contribution is 3.24. The van der Waals surface area contributed by atoms with E-state index >= 15 is 0 Å². The van der Waals surface area contributed by atoms with Gasteiger partial charge in [-0.15, -0.1) is 0 Å². The van der Waals surface area contributed by atoms with Crippen LogP contribution >= 0.6 is 0 Å². The first-order valence-electron chi connectivity index (χ1n) is 0. The Balaban J connectivity index is 0. The third kappa shape index (κ3) is 0. The van der Waals surface area contributed by atoms with E-state index in [1.807, 2.05) is 0 Å². The minimum Gasteiger partial charge on any atom is 0 e. The predicted octanol–water partition coefficient (Wildman–Crippen LogP) is 0.813. The van der Waals surface area contributed by atoms with Crippen LogP contribution in [0, 0.1) is 74.3 Å². The molecule has 0 N–H and O–H groups in total. The van der Waals surface area contributed by atoms with Crippen molar-refractivity contribution >= 4 is 0 Å². The van der Waals surface area contributed by atoms with Crippen molar-refractivity contribution < 1.29 is 0 Å². The van der Waals surface area contributed by atoms with Crippen LogP contribution in [-0.2, 0) is 0 Å². The first-order valence-corrected chi connectivity index (χ1v) is 0. The van der Waals surface area contributed by atoms with Crippen LogP contribution in [-0.4, -0.2) is 0 Å². The maximum absolute atomic E-state index is 0. The van der Waals surface area contributed by atoms with E-state index in [1.165, 1.54) is 0 Å². The van der Waals surface area contributed by atoms with Gasteiger partial charge in [0.1, 0.15) is 0 Å². The topological polar surface area (TPSA) is 0 Å². The van der Waals surface area contributed by atoms with E-state index < -0.39 is 0 Å². The Hall–Kier alpha value is 0. The van der Waals surface area contributed by atoms with Crippen molar-refractivity contribution in [3.63, 3.8) is 0 Å². The smallest absolute Gasteiger partial charge is 0 e. The Labute approximate surface area is 75.1 Å². The van der Waals surface area contributed by atoms with Crippen molar-refractivity contribution in [2.75, 3.05) is 0 Å². The molecule has 0 aliphatic carbocycles. The second-order valence-corrected chi connectivity index (χ2v) is 0. The molecular weight excluding hydrogens is 120 g/mol. The van der Waals surface area contributed by atoms with Crippen molar-refractivity contribution in [3.8, 4) is 0 Å². The molecule has 10 heavy (non-hydrogen) atoms. The van der Waals surface area contributed by atoms with Crippen molar-refractivity contribution in [2.45, 2.75) is 0 Å². The van der Waals surface area contributed by atoms with Gasteiger partial charge in [-0.3, -0.25) is 0 Å². The van der Waals surface area contributed by atoms with E-state index in [2.05, 4.69) is 0 Å². The maximum Gasteiger partial charge on any atom is 0 e. The molecule has 0 aliphatic rings. The van der Waals surface area contributed by atoms with Gasteiger partial charge < -0.3 is 0 Å². The zero-order valence-corrected chi connectivity index (χ0v) is 5.00. The average Bonchev–Trinajstić information content (AvgIpc) is 0. The van der Waals surface area contributed by atoms with Gasteiger partial charge in [0.25, 0.3) is 0 Å². The maximum atomic E-state index is 0. The molecule has 0 saturated heterocycles. The van der Waals surface area contributed by atoms with Crippen LogP contribution in [0.2, 0.25) is 0 Å². The first-order chi connectivity index (χ1) is 0. The fraction of sp³-hybridized carbons (Fsp3) is 0. The van der Waals surface area contributed by atoms with Crippen LogP contribution in [0.5, 0.6) is 0 Å². The zero-order valence-electron chi connectivity index (χ0n) is 5.00. The summed E-state index contributed by atoms with van der Waals surface area (Å²) < 4.78 is 0. The molecule has 0 aromatic heterocycles. The van der Waals surface area contributed by atoms with Crippen molar-refractivity contribution in [2.24, 2.45) is 0 Å². The molecule has 0 spiro atoms.